The lowest BCUT2D eigenvalue weighted by Gasteiger charge is -2.20. The average Bonchev–Trinajstić information content (AvgIpc) is 2.91. The van der Waals surface area contributed by atoms with E-state index in [0.717, 1.165) is 17.4 Å². The molecule has 0 aliphatic rings. The van der Waals surface area contributed by atoms with Crippen LogP contribution in [0, 0.1) is 19.8 Å². The number of carbonyl (C=O) groups excluding carboxylic acids is 1. The fraction of sp³-hybridized carbons (Fsp3) is 0.310. The largest absolute Gasteiger partial charge is 0.495 e. The summed E-state index contributed by atoms with van der Waals surface area (Å²) < 4.78 is 36.5. The normalized spacial score (nSPS) is 11.8. The Hall–Kier alpha value is -3.63. The molecule has 0 aliphatic carbocycles. The van der Waals surface area contributed by atoms with Gasteiger partial charge in [-0.15, -0.1) is 0 Å². The van der Waals surface area contributed by atoms with Crippen molar-refractivity contribution in [3.05, 3.63) is 94.5 Å². The first-order valence-corrected chi connectivity index (χ1v) is 14.8. The molecule has 0 saturated heterocycles. The number of thiocarbonyl (C=S) groups is 1. The fourth-order valence-electron chi connectivity index (χ4n) is 3.92. The van der Waals surface area contributed by atoms with Gasteiger partial charge in [0.25, 0.3) is 0 Å². The van der Waals surface area contributed by atoms with E-state index >= 15 is 0 Å². The summed E-state index contributed by atoms with van der Waals surface area (Å²) in [7, 11) is -1.95. The molecule has 1 unspecified atom stereocenters. The van der Waals surface area contributed by atoms with Crippen LogP contribution in [0.15, 0.2) is 66.7 Å². The number of methoxy groups -OCH3 is 1. The molecule has 0 bridgehead atoms. The predicted octanol–water partition coefficient (Wildman–Crippen LogP) is 4.36. The summed E-state index contributed by atoms with van der Waals surface area (Å²) in [4.78, 5) is 12.5. The zero-order chi connectivity index (χ0) is 28.4. The Morgan fingerprint density at radius 1 is 0.949 bits per heavy atom. The molecular weight excluding hydrogens is 534 g/mol. The lowest BCUT2D eigenvalue weighted by molar-refractivity contribution is 0.0441. The number of nitrogens with one attached hydrogen (secondary N) is 3. The maximum absolute atomic E-state index is 12.5. The van der Waals surface area contributed by atoms with Crippen molar-refractivity contribution in [2.24, 2.45) is 5.92 Å². The molecule has 0 radical (unpaired) electrons. The van der Waals surface area contributed by atoms with Crippen LogP contribution in [0.5, 0.6) is 5.75 Å². The third kappa shape index (κ3) is 9.88. The summed E-state index contributed by atoms with van der Waals surface area (Å²) in [5, 5.41) is 6.85. The van der Waals surface area contributed by atoms with Crippen LogP contribution in [-0.2, 0) is 27.7 Å². The molecule has 3 aromatic carbocycles. The van der Waals surface area contributed by atoms with Gasteiger partial charge in [0.1, 0.15) is 5.75 Å². The Morgan fingerprint density at radius 3 is 2.33 bits per heavy atom. The highest BCUT2D eigenvalue weighted by Gasteiger charge is 2.16. The van der Waals surface area contributed by atoms with Crippen LogP contribution in [0.25, 0.3) is 0 Å². The first-order valence-electron chi connectivity index (χ1n) is 12.5. The molecular formula is C29H35N3O5S2. The van der Waals surface area contributed by atoms with Gasteiger partial charge in [-0.3, -0.25) is 4.72 Å². The zero-order valence-corrected chi connectivity index (χ0v) is 24.2. The summed E-state index contributed by atoms with van der Waals surface area (Å²) >= 11 is 5.49. The van der Waals surface area contributed by atoms with E-state index in [9.17, 15) is 13.2 Å². The van der Waals surface area contributed by atoms with Crippen molar-refractivity contribution in [2.75, 3.05) is 31.2 Å². The number of anilines is 1. The van der Waals surface area contributed by atoms with Crippen molar-refractivity contribution in [3.63, 3.8) is 0 Å². The van der Waals surface area contributed by atoms with Crippen molar-refractivity contribution >= 4 is 39.0 Å². The topological polar surface area (TPSA) is 106 Å². The van der Waals surface area contributed by atoms with E-state index < -0.39 is 10.0 Å². The highest BCUT2D eigenvalue weighted by molar-refractivity contribution is 7.92. The third-order valence-electron chi connectivity index (χ3n) is 6.12. The SMILES string of the molecule is COc1cc(CNC(=S)NCC(COC(=O)c2ccccc2)Cc2ccc(C)c(C)c2)ccc1NS(C)(=O)=O. The minimum Gasteiger partial charge on any atom is -0.495 e. The molecule has 3 aromatic rings. The summed E-state index contributed by atoms with van der Waals surface area (Å²) in [6.07, 6.45) is 1.80. The van der Waals surface area contributed by atoms with Gasteiger partial charge in [-0.1, -0.05) is 42.5 Å². The highest BCUT2D eigenvalue weighted by Crippen LogP contribution is 2.26. The molecule has 0 heterocycles. The number of rotatable bonds is 12. The van der Waals surface area contributed by atoms with E-state index in [4.69, 9.17) is 21.7 Å². The standard InChI is InChI=1S/C29H35N3O5S2/c1-20-10-11-22(14-21(20)2)15-24(19-37-28(33)25-8-6-5-7-9-25)18-31-29(38)30-17-23-12-13-26(27(16-23)36-3)32-39(4,34)35/h5-14,16,24,32H,15,17-19H2,1-4H3,(H2,30,31,38). The van der Waals surface area contributed by atoms with Crippen molar-refractivity contribution in [2.45, 2.75) is 26.8 Å². The van der Waals surface area contributed by atoms with E-state index in [2.05, 4.69) is 47.4 Å². The van der Waals surface area contributed by atoms with Crippen LogP contribution >= 0.6 is 12.2 Å². The van der Waals surface area contributed by atoms with Crippen LogP contribution in [0.1, 0.15) is 32.6 Å². The monoisotopic (exact) mass is 569 g/mol. The van der Waals surface area contributed by atoms with E-state index in [1.807, 2.05) is 6.07 Å². The van der Waals surface area contributed by atoms with Crippen LogP contribution in [0.3, 0.4) is 0 Å². The second-order valence-corrected chi connectivity index (χ2v) is 11.6. The minimum atomic E-state index is -3.43. The Labute approximate surface area is 236 Å². The van der Waals surface area contributed by atoms with Crippen molar-refractivity contribution in [3.8, 4) is 5.75 Å². The van der Waals surface area contributed by atoms with E-state index in [1.165, 1.54) is 18.2 Å². The minimum absolute atomic E-state index is 0.0130. The number of carbonyl (C=O) groups is 1. The van der Waals surface area contributed by atoms with Gasteiger partial charge < -0.3 is 20.1 Å². The smallest absolute Gasteiger partial charge is 0.338 e. The van der Waals surface area contributed by atoms with Gasteiger partial charge in [-0.05, 0) is 79.0 Å². The molecule has 1 atom stereocenters. The first kappa shape index (κ1) is 29.9. The molecule has 208 valence electrons. The van der Waals surface area contributed by atoms with Crippen molar-refractivity contribution in [1.29, 1.82) is 0 Å². The van der Waals surface area contributed by atoms with Gasteiger partial charge in [-0.25, -0.2) is 13.2 Å². The van der Waals surface area contributed by atoms with Crippen LogP contribution in [0.4, 0.5) is 5.69 Å². The molecule has 0 saturated carbocycles. The van der Waals surface area contributed by atoms with E-state index in [1.54, 1.807) is 42.5 Å². The second kappa shape index (κ2) is 14.0. The highest BCUT2D eigenvalue weighted by atomic mass is 32.2. The van der Waals surface area contributed by atoms with Crippen molar-refractivity contribution < 1.29 is 22.7 Å². The first-order chi connectivity index (χ1) is 18.5. The summed E-state index contributed by atoms with van der Waals surface area (Å²) in [6.45, 7) is 5.31. The third-order valence-corrected chi connectivity index (χ3v) is 7.00. The summed E-state index contributed by atoms with van der Waals surface area (Å²) in [6, 6.07) is 20.5. The lowest BCUT2D eigenvalue weighted by atomic mass is 9.97. The molecule has 0 spiro atoms. The number of hydrogen-bond acceptors (Lipinski definition) is 6. The molecule has 8 nitrogen and oxygen atoms in total. The van der Waals surface area contributed by atoms with Gasteiger partial charge >= 0.3 is 5.97 Å². The number of ether oxygens (including phenoxy) is 2. The molecule has 0 aromatic heterocycles. The van der Waals surface area contributed by atoms with Gasteiger partial charge in [0.2, 0.25) is 10.0 Å². The molecule has 0 amide bonds. The number of aryl methyl sites for hydroxylation is 2. The average molecular weight is 570 g/mol. The molecule has 39 heavy (non-hydrogen) atoms. The van der Waals surface area contributed by atoms with Gasteiger partial charge in [-0.2, -0.15) is 0 Å². The molecule has 0 fully saturated rings. The Bertz CT molecular complexity index is 1400. The van der Waals surface area contributed by atoms with Crippen molar-refractivity contribution in [1.82, 2.24) is 10.6 Å². The predicted molar refractivity (Wildman–Crippen MR) is 159 cm³/mol. The van der Waals surface area contributed by atoms with Crippen LogP contribution < -0.4 is 20.1 Å². The van der Waals surface area contributed by atoms with Gasteiger partial charge in [0.15, 0.2) is 5.11 Å². The lowest BCUT2D eigenvalue weighted by Crippen LogP contribution is -2.39. The Kier molecular flexibility index (Phi) is 10.7. The summed E-state index contributed by atoms with van der Waals surface area (Å²) in [5.41, 5.74) is 5.34. The molecule has 10 heteroatoms. The van der Waals surface area contributed by atoms with Crippen LogP contribution in [0.2, 0.25) is 0 Å². The Balaban J connectivity index is 1.59. The van der Waals surface area contributed by atoms with E-state index in [-0.39, 0.29) is 18.5 Å². The number of sulfonamides is 1. The fourth-order valence-corrected chi connectivity index (χ4v) is 4.64. The number of benzene rings is 3. The Morgan fingerprint density at radius 2 is 1.67 bits per heavy atom. The number of esters is 1. The van der Waals surface area contributed by atoms with Gasteiger partial charge in [0.05, 0.1) is 31.2 Å². The van der Waals surface area contributed by atoms with E-state index in [0.29, 0.717) is 41.6 Å². The van der Waals surface area contributed by atoms with Crippen LogP contribution in [-0.4, -0.2) is 46.0 Å². The quantitative estimate of drug-likeness (QED) is 0.218. The number of hydrogen-bond donors (Lipinski definition) is 3. The summed E-state index contributed by atoms with van der Waals surface area (Å²) in [5.74, 6) is 0.0393. The zero-order valence-electron chi connectivity index (χ0n) is 22.6. The second-order valence-electron chi connectivity index (χ2n) is 9.43. The molecule has 0 aliphatic heterocycles. The molecule has 3 rings (SSSR count). The maximum Gasteiger partial charge on any atom is 0.338 e. The molecule has 3 N–H and O–H groups in total. The van der Waals surface area contributed by atoms with Gasteiger partial charge in [0, 0.05) is 19.0 Å². The maximum atomic E-state index is 12.5.